The molecule has 0 aromatic rings. The lowest BCUT2D eigenvalue weighted by molar-refractivity contribution is -0.140. The smallest absolute Gasteiger partial charge is 0.249 e. The van der Waals surface area contributed by atoms with Crippen LogP contribution in [0.1, 0.15) is 45.4 Å². The molecule has 1 unspecified atom stereocenters. The molecule has 0 aliphatic heterocycles. The van der Waals surface area contributed by atoms with Crippen LogP contribution in [0.5, 0.6) is 0 Å². The molecular weight excluding hydrogens is 178 g/mol. The van der Waals surface area contributed by atoms with Crippen LogP contribution in [-0.4, -0.2) is 18.6 Å². The Balaban J connectivity index is 2.50. The first-order valence-corrected chi connectivity index (χ1v) is 5.43. The average molecular weight is 199 g/mol. The fourth-order valence-electron chi connectivity index (χ4n) is 2.23. The van der Waals surface area contributed by atoms with Crippen LogP contribution in [0.25, 0.3) is 0 Å². The normalized spacial score (nSPS) is 23.0. The summed E-state index contributed by atoms with van der Waals surface area (Å²) in [4.78, 5) is 11.2. The molecule has 1 rings (SSSR count). The van der Waals surface area contributed by atoms with Gasteiger partial charge in [0.1, 0.15) is 5.60 Å². The van der Waals surface area contributed by atoms with Crippen molar-refractivity contribution >= 4 is 5.91 Å². The molecule has 1 aliphatic carbocycles. The van der Waals surface area contributed by atoms with E-state index in [9.17, 15) is 4.79 Å². The summed E-state index contributed by atoms with van der Waals surface area (Å²) in [5.74, 6) is 0.270. The highest BCUT2D eigenvalue weighted by Crippen LogP contribution is 2.31. The molecule has 1 fully saturated rings. The SMILES string of the molecule is COC(C)(CC1CCCCC1)C(N)=O. The van der Waals surface area contributed by atoms with E-state index in [1.54, 1.807) is 14.0 Å². The van der Waals surface area contributed by atoms with Crippen molar-refractivity contribution in [3.8, 4) is 0 Å². The highest BCUT2D eigenvalue weighted by Gasteiger charge is 2.34. The van der Waals surface area contributed by atoms with Crippen LogP contribution in [0.4, 0.5) is 0 Å². The van der Waals surface area contributed by atoms with Crippen LogP contribution in [0.15, 0.2) is 0 Å². The van der Waals surface area contributed by atoms with Crippen LogP contribution in [-0.2, 0) is 9.53 Å². The quantitative estimate of drug-likeness (QED) is 0.751. The highest BCUT2D eigenvalue weighted by molar-refractivity contribution is 5.82. The van der Waals surface area contributed by atoms with E-state index in [2.05, 4.69) is 0 Å². The Bertz CT molecular complexity index is 199. The molecule has 3 heteroatoms. The summed E-state index contributed by atoms with van der Waals surface area (Å²) >= 11 is 0. The van der Waals surface area contributed by atoms with Gasteiger partial charge in [0.05, 0.1) is 0 Å². The number of amides is 1. The van der Waals surface area contributed by atoms with Crippen LogP contribution in [0.3, 0.4) is 0 Å². The Morgan fingerprint density at radius 2 is 2.00 bits per heavy atom. The molecular formula is C11H21NO2. The van der Waals surface area contributed by atoms with E-state index in [0.29, 0.717) is 5.92 Å². The Kier molecular flexibility index (Phi) is 3.93. The monoisotopic (exact) mass is 199 g/mol. The Hall–Kier alpha value is -0.570. The topological polar surface area (TPSA) is 52.3 Å². The zero-order chi connectivity index (χ0) is 10.6. The predicted molar refractivity (Wildman–Crippen MR) is 55.8 cm³/mol. The van der Waals surface area contributed by atoms with E-state index < -0.39 is 5.60 Å². The third kappa shape index (κ3) is 2.71. The number of hydrogen-bond donors (Lipinski definition) is 1. The molecule has 0 bridgehead atoms. The maximum Gasteiger partial charge on any atom is 0.249 e. The van der Waals surface area contributed by atoms with Gasteiger partial charge in [0.15, 0.2) is 0 Å². The van der Waals surface area contributed by atoms with E-state index in [-0.39, 0.29) is 5.91 Å². The second-order valence-corrected chi connectivity index (χ2v) is 4.51. The minimum atomic E-state index is -0.762. The molecule has 0 aromatic carbocycles. The van der Waals surface area contributed by atoms with Crippen molar-refractivity contribution in [2.45, 2.75) is 51.0 Å². The fraction of sp³-hybridized carbons (Fsp3) is 0.909. The molecule has 2 N–H and O–H groups in total. The van der Waals surface area contributed by atoms with Gasteiger partial charge < -0.3 is 10.5 Å². The molecule has 0 aromatic heterocycles. The first kappa shape index (κ1) is 11.5. The lowest BCUT2D eigenvalue weighted by atomic mass is 9.81. The second-order valence-electron chi connectivity index (χ2n) is 4.51. The van der Waals surface area contributed by atoms with Crippen LogP contribution >= 0.6 is 0 Å². The number of carbonyl (C=O) groups excluding carboxylic acids is 1. The van der Waals surface area contributed by atoms with Crippen molar-refractivity contribution in [1.29, 1.82) is 0 Å². The summed E-state index contributed by atoms with van der Waals surface area (Å²) < 4.78 is 5.23. The molecule has 1 saturated carbocycles. The summed E-state index contributed by atoms with van der Waals surface area (Å²) in [7, 11) is 1.56. The predicted octanol–water partition coefficient (Wildman–Crippen LogP) is 1.85. The first-order valence-electron chi connectivity index (χ1n) is 5.43. The second kappa shape index (κ2) is 4.78. The van der Waals surface area contributed by atoms with Gasteiger partial charge in [-0.25, -0.2) is 0 Å². The van der Waals surface area contributed by atoms with Crippen molar-refractivity contribution in [3.63, 3.8) is 0 Å². The highest BCUT2D eigenvalue weighted by atomic mass is 16.5. The molecule has 82 valence electrons. The third-order valence-corrected chi connectivity index (χ3v) is 3.37. The largest absolute Gasteiger partial charge is 0.369 e. The van der Waals surface area contributed by atoms with E-state index >= 15 is 0 Å². The number of nitrogens with two attached hydrogens (primary N) is 1. The molecule has 14 heavy (non-hydrogen) atoms. The third-order valence-electron chi connectivity index (χ3n) is 3.37. The summed E-state index contributed by atoms with van der Waals surface area (Å²) in [6.07, 6.45) is 7.10. The number of rotatable bonds is 4. The molecule has 3 nitrogen and oxygen atoms in total. The van der Waals surface area contributed by atoms with Crippen molar-refractivity contribution < 1.29 is 9.53 Å². The van der Waals surface area contributed by atoms with Gasteiger partial charge in [-0.1, -0.05) is 32.1 Å². The van der Waals surface area contributed by atoms with Gasteiger partial charge in [-0.15, -0.1) is 0 Å². The summed E-state index contributed by atoms with van der Waals surface area (Å²) in [5.41, 5.74) is 4.57. The van der Waals surface area contributed by atoms with E-state index in [1.165, 1.54) is 32.1 Å². The van der Waals surface area contributed by atoms with Gasteiger partial charge in [0.2, 0.25) is 5.91 Å². The average Bonchev–Trinajstić information content (AvgIpc) is 2.19. The van der Waals surface area contributed by atoms with Gasteiger partial charge in [0, 0.05) is 7.11 Å². The zero-order valence-corrected chi connectivity index (χ0v) is 9.21. The number of carbonyl (C=O) groups is 1. The van der Waals surface area contributed by atoms with Crippen molar-refractivity contribution in [3.05, 3.63) is 0 Å². The van der Waals surface area contributed by atoms with Crippen molar-refractivity contribution in [1.82, 2.24) is 0 Å². The molecule has 0 heterocycles. The van der Waals surface area contributed by atoms with Crippen LogP contribution < -0.4 is 5.73 Å². The zero-order valence-electron chi connectivity index (χ0n) is 9.21. The van der Waals surface area contributed by atoms with E-state index in [4.69, 9.17) is 10.5 Å². The summed E-state index contributed by atoms with van der Waals surface area (Å²) in [6.45, 7) is 1.80. The van der Waals surface area contributed by atoms with Gasteiger partial charge in [0.25, 0.3) is 0 Å². The summed E-state index contributed by atoms with van der Waals surface area (Å²) in [6, 6.07) is 0. The number of primary amides is 1. The van der Waals surface area contributed by atoms with Gasteiger partial charge >= 0.3 is 0 Å². The molecule has 1 aliphatic rings. The first-order chi connectivity index (χ1) is 6.58. The Morgan fingerprint density at radius 1 is 1.43 bits per heavy atom. The van der Waals surface area contributed by atoms with E-state index in [1.807, 2.05) is 0 Å². The summed E-state index contributed by atoms with van der Waals surface area (Å²) in [5, 5.41) is 0. The minimum Gasteiger partial charge on any atom is -0.369 e. The van der Waals surface area contributed by atoms with Gasteiger partial charge in [-0.3, -0.25) is 4.79 Å². The maximum atomic E-state index is 11.2. The number of methoxy groups -OCH3 is 1. The number of hydrogen-bond acceptors (Lipinski definition) is 2. The standard InChI is InChI=1S/C11H21NO2/c1-11(14-2,10(12)13)8-9-6-4-3-5-7-9/h9H,3-8H2,1-2H3,(H2,12,13). The lowest BCUT2D eigenvalue weighted by Crippen LogP contribution is -2.44. The van der Waals surface area contributed by atoms with E-state index in [0.717, 1.165) is 6.42 Å². The van der Waals surface area contributed by atoms with Crippen LogP contribution in [0, 0.1) is 5.92 Å². The molecule has 0 saturated heterocycles. The van der Waals surface area contributed by atoms with Crippen molar-refractivity contribution in [2.24, 2.45) is 11.7 Å². The Morgan fingerprint density at radius 3 is 2.43 bits per heavy atom. The minimum absolute atomic E-state index is 0.342. The Labute approximate surface area is 86.0 Å². The molecule has 1 amide bonds. The molecule has 0 radical (unpaired) electrons. The molecule has 1 atom stereocenters. The van der Waals surface area contributed by atoms with Gasteiger partial charge in [-0.2, -0.15) is 0 Å². The fourth-order valence-corrected chi connectivity index (χ4v) is 2.23. The van der Waals surface area contributed by atoms with Crippen LogP contribution in [0.2, 0.25) is 0 Å². The number of ether oxygens (including phenoxy) is 1. The van der Waals surface area contributed by atoms with Gasteiger partial charge in [-0.05, 0) is 19.3 Å². The lowest BCUT2D eigenvalue weighted by Gasteiger charge is -2.31. The van der Waals surface area contributed by atoms with Crippen molar-refractivity contribution in [2.75, 3.05) is 7.11 Å². The maximum absolute atomic E-state index is 11.2. The molecule has 0 spiro atoms.